The minimum Gasteiger partial charge on any atom is -0.496 e. The molecule has 0 radical (unpaired) electrons. The molecule has 0 aliphatic heterocycles. The molecule has 2 nitrogen and oxygen atoms in total. The molecule has 0 atom stereocenters. The molecule has 0 saturated heterocycles. The van der Waals surface area contributed by atoms with Crippen LogP contribution in [0.15, 0.2) is 12.1 Å². The van der Waals surface area contributed by atoms with E-state index in [2.05, 4.69) is 0 Å². The average Bonchev–Trinajstić information content (AvgIpc) is 2.08. The Morgan fingerprint density at radius 3 is 2.54 bits per heavy atom. The maximum atomic E-state index is 11.2. The van der Waals surface area contributed by atoms with Crippen LogP contribution in [-0.4, -0.2) is 12.9 Å². The Bertz CT molecular complexity index is 345. The predicted molar refractivity (Wildman–Crippen MR) is 52.7 cm³/mol. The Labute approximate surface area is 82.5 Å². The van der Waals surface area contributed by atoms with Gasteiger partial charge in [0.25, 0.3) is 0 Å². The molecule has 1 rings (SSSR count). The van der Waals surface area contributed by atoms with E-state index >= 15 is 0 Å². The van der Waals surface area contributed by atoms with Gasteiger partial charge in [0, 0.05) is 0 Å². The van der Waals surface area contributed by atoms with Gasteiger partial charge in [0.05, 0.1) is 17.7 Å². The molecule has 1 aromatic rings. The van der Waals surface area contributed by atoms with Crippen LogP contribution in [0, 0.1) is 6.92 Å². The van der Waals surface area contributed by atoms with Gasteiger partial charge in [-0.25, -0.2) is 0 Å². The molecule has 13 heavy (non-hydrogen) atoms. The lowest BCUT2D eigenvalue weighted by atomic mass is 10.1. The maximum absolute atomic E-state index is 11.2. The topological polar surface area (TPSA) is 26.3 Å². The first-order valence-corrected chi connectivity index (χ1v) is 4.29. The van der Waals surface area contributed by atoms with Gasteiger partial charge in [-0.05, 0) is 25.5 Å². The van der Waals surface area contributed by atoms with Crippen molar-refractivity contribution in [3.05, 3.63) is 28.3 Å². The van der Waals surface area contributed by atoms with Crippen LogP contribution in [0.25, 0.3) is 0 Å². The number of hydrogen-bond acceptors (Lipinski definition) is 2. The molecule has 0 bridgehead atoms. The lowest BCUT2D eigenvalue weighted by Gasteiger charge is -2.09. The maximum Gasteiger partial charge on any atom is 0.165 e. The molecule has 0 N–H and O–H groups in total. The van der Waals surface area contributed by atoms with Crippen LogP contribution in [0.3, 0.4) is 0 Å². The van der Waals surface area contributed by atoms with Crippen LogP contribution in [0.2, 0.25) is 5.02 Å². The zero-order chi connectivity index (χ0) is 10.0. The SMILES string of the molecule is COc1ccc(C)c(Cl)c1C(C)=O. The molecule has 3 heteroatoms. The Kier molecular flexibility index (Phi) is 2.94. The van der Waals surface area contributed by atoms with Crippen molar-refractivity contribution >= 4 is 17.4 Å². The standard InChI is InChI=1S/C10H11ClO2/c1-6-4-5-8(13-3)9(7(2)12)10(6)11/h4-5H,1-3H3. The summed E-state index contributed by atoms with van der Waals surface area (Å²) in [5.41, 5.74) is 1.34. The van der Waals surface area contributed by atoms with Gasteiger partial charge in [-0.15, -0.1) is 0 Å². The van der Waals surface area contributed by atoms with Crippen molar-refractivity contribution in [2.24, 2.45) is 0 Å². The Balaban J connectivity index is 3.41. The van der Waals surface area contributed by atoms with E-state index in [9.17, 15) is 4.79 Å². The van der Waals surface area contributed by atoms with Crippen LogP contribution >= 0.6 is 11.6 Å². The number of methoxy groups -OCH3 is 1. The lowest BCUT2D eigenvalue weighted by molar-refractivity contribution is 0.101. The molecular weight excluding hydrogens is 188 g/mol. The van der Waals surface area contributed by atoms with Gasteiger partial charge in [-0.2, -0.15) is 0 Å². The van der Waals surface area contributed by atoms with Crippen LogP contribution in [-0.2, 0) is 0 Å². The zero-order valence-electron chi connectivity index (χ0n) is 7.85. The number of ether oxygens (including phenoxy) is 1. The molecule has 0 aliphatic carbocycles. The number of carbonyl (C=O) groups is 1. The predicted octanol–water partition coefficient (Wildman–Crippen LogP) is 2.86. The average molecular weight is 199 g/mol. The van der Waals surface area contributed by atoms with E-state index in [1.54, 1.807) is 6.07 Å². The molecule has 0 heterocycles. The number of carbonyl (C=O) groups excluding carboxylic acids is 1. The summed E-state index contributed by atoms with van der Waals surface area (Å²) >= 11 is 5.97. The molecule has 70 valence electrons. The molecule has 0 unspecified atom stereocenters. The zero-order valence-corrected chi connectivity index (χ0v) is 8.61. The van der Waals surface area contributed by atoms with Crippen molar-refractivity contribution in [1.29, 1.82) is 0 Å². The van der Waals surface area contributed by atoms with Gasteiger partial charge in [0.2, 0.25) is 0 Å². The summed E-state index contributed by atoms with van der Waals surface area (Å²) in [4.78, 5) is 11.2. The number of rotatable bonds is 2. The lowest BCUT2D eigenvalue weighted by Crippen LogP contribution is -1.99. The summed E-state index contributed by atoms with van der Waals surface area (Å²) in [6.07, 6.45) is 0. The molecule has 0 aliphatic rings. The van der Waals surface area contributed by atoms with Gasteiger partial charge in [0.15, 0.2) is 5.78 Å². The minimum atomic E-state index is -0.0782. The minimum absolute atomic E-state index is 0.0782. The van der Waals surface area contributed by atoms with Crippen molar-refractivity contribution in [3.8, 4) is 5.75 Å². The number of benzene rings is 1. The highest BCUT2D eigenvalue weighted by molar-refractivity contribution is 6.35. The monoisotopic (exact) mass is 198 g/mol. The number of Topliss-reactive ketones (excluding diaryl/α,β-unsaturated/α-hetero) is 1. The quantitative estimate of drug-likeness (QED) is 0.684. The first-order valence-electron chi connectivity index (χ1n) is 3.92. The molecule has 0 spiro atoms. The van der Waals surface area contributed by atoms with Crippen LogP contribution in [0.1, 0.15) is 22.8 Å². The third-order valence-corrected chi connectivity index (χ3v) is 2.36. The highest BCUT2D eigenvalue weighted by Gasteiger charge is 2.13. The molecule has 0 saturated carbocycles. The summed E-state index contributed by atoms with van der Waals surface area (Å²) in [7, 11) is 1.52. The van der Waals surface area contributed by atoms with Gasteiger partial charge < -0.3 is 4.74 Å². The highest BCUT2D eigenvalue weighted by Crippen LogP contribution is 2.29. The summed E-state index contributed by atoms with van der Waals surface area (Å²) in [6.45, 7) is 3.33. The summed E-state index contributed by atoms with van der Waals surface area (Å²) in [5.74, 6) is 0.452. The number of aryl methyl sites for hydroxylation is 1. The Morgan fingerprint density at radius 2 is 2.08 bits per heavy atom. The van der Waals surface area contributed by atoms with Crippen molar-refractivity contribution < 1.29 is 9.53 Å². The fourth-order valence-electron chi connectivity index (χ4n) is 1.16. The van der Waals surface area contributed by atoms with Crippen LogP contribution in [0.5, 0.6) is 5.75 Å². The summed E-state index contributed by atoms with van der Waals surface area (Å²) < 4.78 is 5.04. The first kappa shape index (κ1) is 10.1. The van der Waals surface area contributed by atoms with Gasteiger partial charge in [-0.3, -0.25) is 4.79 Å². The fraction of sp³-hybridized carbons (Fsp3) is 0.300. The number of hydrogen-bond donors (Lipinski definition) is 0. The van der Waals surface area contributed by atoms with E-state index in [1.165, 1.54) is 14.0 Å². The molecule has 1 aromatic carbocycles. The fourth-order valence-corrected chi connectivity index (χ4v) is 1.45. The smallest absolute Gasteiger partial charge is 0.165 e. The third kappa shape index (κ3) is 1.83. The van der Waals surface area contributed by atoms with Crippen molar-refractivity contribution in [2.45, 2.75) is 13.8 Å². The van der Waals surface area contributed by atoms with Gasteiger partial charge in [0.1, 0.15) is 5.75 Å². The molecule has 0 amide bonds. The van der Waals surface area contributed by atoms with E-state index in [-0.39, 0.29) is 5.78 Å². The van der Waals surface area contributed by atoms with Gasteiger partial charge in [-0.1, -0.05) is 17.7 Å². The normalized spacial score (nSPS) is 9.85. The van der Waals surface area contributed by atoms with E-state index in [0.717, 1.165) is 5.56 Å². The molecule has 0 fully saturated rings. The second kappa shape index (κ2) is 3.79. The van der Waals surface area contributed by atoms with E-state index in [1.807, 2.05) is 13.0 Å². The van der Waals surface area contributed by atoms with Gasteiger partial charge >= 0.3 is 0 Å². The van der Waals surface area contributed by atoms with E-state index in [0.29, 0.717) is 16.3 Å². The second-order valence-corrected chi connectivity index (χ2v) is 3.21. The summed E-state index contributed by atoms with van der Waals surface area (Å²) in [6, 6.07) is 3.57. The second-order valence-electron chi connectivity index (χ2n) is 2.83. The van der Waals surface area contributed by atoms with E-state index in [4.69, 9.17) is 16.3 Å². The van der Waals surface area contributed by atoms with Crippen molar-refractivity contribution in [1.82, 2.24) is 0 Å². The highest BCUT2D eigenvalue weighted by atomic mass is 35.5. The van der Waals surface area contributed by atoms with Crippen molar-refractivity contribution in [3.63, 3.8) is 0 Å². The Hall–Kier alpha value is -1.02. The largest absolute Gasteiger partial charge is 0.496 e. The first-order chi connectivity index (χ1) is 6.07. The molecular formula is C10H11ClO2. The van der Waals surface area contributed by atoms with Crippen LogP contribution < -0.4 is 4.74 Å². The number of halogens is 1. The number of ketones is 1. The van der Waals surface area contributed by atoms with E-state index < -0.39 is 0 Å². The third-order valence-electron chi connectivity index (χ3n) is 1.87. The summed E-state index contributed by atoms with van der Waals surface area (Å²) in [5, 5.41) is 0.479. The molecule has 0 aromatic heterocycles. The van der Waals surface area contributed by atoms with Crippen LogP contribution in [0.4, 0.5) is 0 Å². The van der Waals surface area contributed by atoms with Crippen molar-refractivity contribution in [2.75, 3.05) is 7.11 Å². The Morgan fingerprint density at radius 1 is 1.46 bits per heavy atom.